The molecule has 158 valence electrons. The van der Waals surface area contributed by atoms with Crippen molar-refractivity contribution in [3.05, 3.63) is 65.9 Å². The Bertz CT molecular complexity index is 1010. The van der Waals surface area contributed by atoms with E-state index in [1.165, 1.54) is 0 Å². The van der Waals surface area contributed by atoms with Crippen molar-refractivity contribution in [3.8, 4) is 5.75 Å². The summed E-state index contributed by atoms with van der Waals surface area (Å²) in [6, 6.07) is 14.1. The fraction of sp³-hybridized carbons (Fsp3) is 0.273. The molecule has 0 amide bonds. The standard InChI is InChI=1S/C22H23F3N4O/c1-14-7-5-6-8-18(14)28-19-17(22(23,24)25)13-26-20(29-19)27-15-9-11-16(12-10-15)30-21(2,3)4/h5-13H,1-4H3,(H2,26,27,28,29). The Kier molecular flexibility index (Phi) is 5.87. The summed E-state index contributed by atoms with van der Waals surface area (Å²) in [7, 11) is 0. The third-order valence-corrected chi connectivity index (χ3v) is 4.03. The minimum absolute atomic E-state index is 0.0450. The van der Waals surface area contributed by atoms with Crippen LogP contribution < -0.4 is 15.4 Å². The van der Waals surface area contributed by atoms with Crippen LogP contribution >= 0.6 is 0 Å². The number of para-hydroxylation sites is 1. The average molecular weight is 416 g/mol. The molecule has 0 radical (unpaired) electrons. The minimum Gasteiger partial charge on any atom is -0.488 e. The van der Waals surface area contributed by atoms with Gasteiger partial charge >= 0.3 is 6.18 Å². The van der Waals surface area contributed by atoms with Gasteiger partial charge in [-0.3, -0.25) is 0 Å². The number of anilines is 4. The zero-order valence-corrected chi connectivity index (χ0v) is 17.1. The van der Waals surface area contributed by atoms with Crippen LogP contribution in [0.3, 0.4) is 0 Å². The fourth-order valence-electron chi connectivity index (χ4n) is 2.67. The normalized spacial score (nSPS) is 11.8. The number of aryl methyl sites for hydroxylation is 1. The first-order chi connectivity index (χ1) is 14.0. The van der Waals surface area contributed by atoms with E-state index >= 15 is 0 Å². The number of rotatable bonds is 5. The number of nitrogens with one attached hydrogen (secondary N) is 2. The van der Waals surface area contributed by atoms with Crippen LogP contribution in [0, 0.1) is 6.92 Å². The van der Waals surface area contributed by atoms with E-state index in [0.717, 1.165) is 11.8 Å². The molecule has 0 spiro atoms. The highest BCUT2D eigenvalue weighted by atomic mass is 19.4. The van der Waals surface area contributed by atoms with Gasteiger partial charge in [-0.25, -0.2) is 4.98 Å². The highest BCUT2D eigenvalue weighted by Crippen LogP contribution is 2.35. The summed E-state index contributed by atoms with van der Waals surface area (Å²) in [5.41, 5.74) is 0.689. The molecule has 0 atom stereocenters. The predicted molar refractivity (Wildman–Crippen MR) is 112 cm³/mol. The van der Waals surface area contributed by atoms with Crippen LogP contribution in [0.25, 0.3) is 0 Å². The molecule has 2 N–H and O–H groups in total. The summed E-state index contributed by atoms with van der Waals surface area (Å²) < 4.78 is 46.1. The largest absolute Gasteiger partial charge is 0.488 e. The predicted octanol–water partition coefficient (Wildman–Crippen LogP) is 6.47. The van der Waals surface area contributed by atoms with Gasteiger partial charge in [0.25, 0.3) is 0 Å². The lowest BCUT2D eigenvalue weighted by Crippen LogP contribution is -2.22. The lowest BCUT2D eigenvalue weighted by Gasteiger charge is -2.21. The first kappa shape index (κ1) is 21.4. The summed E-state index contributed by atoms with van der Waals surface area (Å²) in [6.45, 7) is 7.63. The Morgan fingerprint density at radius 1 is 0.900 bits per heavy atom. The van der Waals surface area contributed by atoms with Crippen molar-refractivity contribution in [1.82, 2.24) is 9.97 Å². The molecule has 3 aromatic rings. The first-order valence-electron chi connectivity index (χ1n) is 9.34. The van der Waals surface area contributed by atoms with Crippen LogP contribution in [-0.2, 0) is 6.18 Å². The zero-order chi connectivity index (χ0) is 21.9. The van der Waals surface area contributed by atoms with E-state index in [9.17, 15) is 13.2 Å². The van der Waals surface area contributed by atoms with E-state index in [2.05, 4.69) is 20.6 Å². The van der Waals surface area contributed by atoms with Gasteiger partial charge in [0.15, 0.2) is 0 Å². The number of aromatic nitrogens is 2. The third-order valence-electron chi connectivity index (χ3n) is 4.03. The second-order valence-corrected chi connectivity index (χ2v) is 7.76. The molecule has 0 unspecified atom stereocenters. The van der Waals surface area contributed by atoms with Crippen LogP contribution in [0.15, 0.2) is 54.7 Å². The highest BCUT2D eigenvalue weighted by molar-refractivity contribution is 5.65. The van der Waals surface area contributed by atoms with Crippen molar-refractivity contribution >= 4 is 23.1 Å². The highest BCUT2D eigenvalue weighted by Gasteiger charge is 2.35. The smallest absolute Gasteiger partial charge is 0.421 e. The van der Waals surface area contributed by atoms with Gasteiger partial charge in [-0.05, 0) is 63.6 Å². The monoisotopic (exact) mass is 416 g/mol. The van der Waals surface area contributed by atoms with Crippen LogP contribution in [0.5, 0.6) is 5.75 Å². The molecule has 0 aliphatic heterocycles. The maximum absolute atomic E-state index is 13.4. The zero-order valence-electron chi connectivity index (χ0n) is 17.1. The molecule has 1 heterocycles. The van der Waals surface area contributed by atoms with Gasteiger partial charge in [-0.15, -0.1) is 0 Å². The summed E-state index contributed by atoms with van der Waals surface area (Å²) >= 11 is 0. The second-order valence-electron chi connectivity index (χ2n) is 7.76. The molecule has 8 heteroatoms. The van der Waals surface area contributed by atoms with Crippen LogP contribution in [0.4, 0.5) is 36.3 Å². The molecule has 2 aromatic carbocycles. The van der Waals surface area contributed by atoms with Gasteiger partial charge in [0.05, 0.1) is 0 Å². The van der Waals surface area contributed by atoms with Crippen molar-refractivity contribution in [2.75, 3.05) is 10.6 Å². The number of alkyl halides is 3. The molecule has 3 rings (SSSR count). The second kappa shape index (κ2) is 8.22. The summed E-state index contributed by atoms with van der Waals surface area (Å²) in [6.07, 6.45) is -3.82. The van der Waals surface area contributed by atoms with E-state index in [0.29, 0.717) is 17.1 Å². The Morgan fingerprint density at radius 3 is 2.17 bits per heavy atom. The molecule has 30 heavy (non-hydrogen) atoms. The number of nitrogens with zero attached hydrogens (tertiary/aromatic N) is 2. The molecule has 0 fully saturated rings. The molecule has 0 aliphatic rings. The molecule has 0 saturated heterocycles. The van der Waals surface area contributed by atoms with E-state index in [1.54, 1.807) is 49.4 Å². The molecule has 5 nitrogen and oxygen atoms in total. The minimum atomic E-state index is -4.59. The Morgan fingerprint density at radius 2 is 1.57 bits per heavy atom. The van der Waals surface area contributed by atoms with Gasteiger partial charge in [-0.1, -0.05) is 18.2 Å². The van der Waals surface area contributed by atoms with Gasteiger partial charge in [0.1, 0.15) is 22.7 Å². The van der Waals surface area contributed by atoms with Crippen molar-refractivity contribution in [1.29, 1.82) is 0 Å². The van der Waals surface area contributed by atoms with Crippen molar-refractivity contribution in [2.24, 2.45) is 0 Å². The van der Waals surface area contributed by atoms with Gasteiger partial charge in [-0.2, -0.15) is 18.2 Å². The van der Waals surface area contributed by atoms with Gasteiger partial charge in [0, 0.05) is 17.6 Å². The quantitative estimate of drug-likeness (QED) is 0.499. The van der Waals surface area contributed by atoms with E-state index in [-0.39, 0.29) is 17.4 Å². The van der Waals surface area contributed by atoms with E-state index in [1.807, 2.05) is 26.8 Å². The average Bonchev–Trinajstić information content (AvgIpc) is 2.63. The Labute approximate surface area is 173 Å². The lowest BCUT2D eigenvalue weighted by atomic mass is 10.2. The molecular weight excluding hydrogens is 393 g/mol. The van der Waals surface area contributed by atoms with Crippen LogP contribution in [-0.4, -0.2) is 15.6 Å². The fourth-order valence-corrected chi connectivity index (χ4v) is 2.67. The number of benzene rings is 2. The van der Waals surface area contributed by atoms with Crippen LogP contribution in [0.2, 0.25) is 0 Å². The van der Waals surface area contributed by atoms with Gasteiger partial charge in [0.2, 0.25) is 5.95 Å². The summed E-state index contributed by atoms with van der Waals surface area (Å²) in [4.78, 5) is 7.90. The molecule has 1 aromatic heterocycles. The molecule has 0 aliphatic carbocycles. The van der Waals surface area contributed by atoms with Crippen LogP contribution in [0.1, 0.15) is 31.9 Å². The van der Waals surface area contributed by atoms with Crippen molar-refractivity contribution in [2.45, 2.75) is 39.5 Å². The molecular formula is C22H23F3N4O. The summed E-state index contributed by atoms with van der Waals surface area (Å²) in [5.74, 6) is 0.411. The molecule has 0 bridgehead atoms. The van der Waals surface area contributed by atoms with E-state index in [4.69, 9.17) is 4.74 Å². The van der Waals surface area contributed by atoms with Crippen molar-refractivity contribution < 1.29 is 17.9 Å². The summed E-state index contributed by atoms with van der Waals surface area (Å²) in [5, 5.41) is 5.71. The van der Waals surface area contributed by atoms with Gasteiger partial charge < -0.3 is 15.4 Å². The molecule has 0 saturated carbocycles. The lowest BCUT2D eigenvalue weighted by molar-refractivity contribution is -0.137. The maximum atomic E-state index is 13.4. The Balaban J connectivity index is 1.86. The first-order valence-corrected chi connectivity index (χ1v) is 9.34. The number of halogens is 3. The number of ether oxygens (including phenoxy) is 1. The third kappa shape index (κ3) is 5.62. The van der Waals surface area contributed by atoms with E-state index < -0.39 is 11.7 Å². The SMILES string of the molecule is Cc1ccccc1Nc1nc(Nc2ccc(OC(C)(C)C)cc2)ncc1C(F)(F)F. The topological polar surface area (TPSA) is 59.1 Å². The number of hydrogen-bond acceptors (Lipinski definition) is 5. The van der Waals surface area contributed by atoms with Crippen molar-refractivity contribution in [3.63, 3.8) is 0 Å². The Hall–Kier alpha value is -3.29. The number of hydrogen-bond donors (Lipinski definition) is 2. The maximum Gasteiger partial charge on any atom is 0.421 e.